The lowest BCUT2D eigenvalue weighted by Gasteiger charge is -2.32. The number of ether oxygens (including phenoxy) is 2. The average Bonchev–Trinajstić information content (AvgIpc) is 3.27. The van der Waals surface area contributed by atoms with Crippen molar-refractivity contribution in [2.75, 3.05) is 38.7 Å². The normalized spacial score (nSPS) is 15.6. The second-order valence-corrected chi connectivity index (χ2v) is 8.71. The van der Waals surface area contributed by atoms with E-state index in [9.17, 15) is 18.8 Å². The Kier molecular flexibility index (Phi) is 7.94. The molecule has 2 aromatic carbocycles. The van der Waals surface area contributed by atoms with Crippen molar-refractivity contribution in [3.63, 3.8) is 0 Å². The number of imidazole rings is 1. The van der Waals surface area contributed by atoms with E-state index in [4.69, 9.17) is 9.47 Å². The third kappa shape index (κ3) is 5.71. The van der Waals surface area contributed by atoms with E-state index in [1.807, 2.05) is 4.57 Å². The van der Waals surface area contributed by atoms with Crippen LogP contribution in [0.4, 0.5) is 10.1 Å². The second-order valence-electron chi connectivity index (χ2n) is 8.71. The van der Waals surface area contributed by atoms with E-state index in [1.165, 1.54) is 19.2 Å². The van der Waals surface area contributed by atoms with Crippen molar-refractivity contribution in [1.82, 2.24) is 14.5 Å². The highest BCUT2D eigenvalue weighted by Crippen LogP contribution is 2.28. The minimum absolute atomic E-state index is 0.131. The first-order valence-electron chi connectivity index (χ1n) is 11.9. The predicted molar refractivity (Wildman–Crippen MR) is 131 cm³/mol. The van der Waals surface area contributed by atoms with E-state index in [2.05, 4.69) is 10.3 Å². The molecule has 0 radical (unpaired) electrons. The lowest BCUT2D eigenvalue weighted by Crippen LogP contribution is -2.43. The zero-order valence-electron chi connectivity index (χ0n) is 20.3. The third-order valence-electron chi connectivity index (χ3n) is 6.10. The molecule has 10 heteroatoms. The summed E-state index contributed by atoms with van der Waals surface area (Å²) >= 11 is 0. The molecule has 2 heterocycles. The van der Waals surface area contributed by atoms with Crippen molar-refractivity contribution in [2.24, 2.45) is 5.92 Å². The molecule has 2 amide bonds. The van der Waals surface area contributed by atoms with Gasteiger partial charge in [0, 0.05) is 32.4 Å². The molecule has 1 aliphatic rings. The van der Waals surface area contributed by atoms with Crippen LogP contribution in [-0.2, 0) is 25.6 Å². The molecule has 190 valence electrons. The van der Waals surface area contributed by atoms with Gasteiger partial charge in [0.05, 0.1) is 35.4 Å². The van der Waals surface area contributed by atoms with Crippen LogP contribution in [0.5, 0.6) is 0 Å². The van der Waals surface area contributed by atoms with Crippen LogP contribution in [0, 0.1) is 11.7 Å². The fourth-order valence-corrected chi connectivity index (χ4v) is 4.46. The number of anilines is 1. The van der Waals surface area contributed by atoms with Crippen LogP contribution in [0.25, 0.3) is 11.0 Å². The predicted octanol–water partition coefficient (Wildman–Crippen LogP) is 3.22. The maximum atomic E-state index is 13.8. The summed E-state index contributed by atoms with van der Waals surface area (Å²) in [5.41, 5.74) is 2.72. The number of esters is 1. The summed E-state index contributed by atoms with van der Waals surface area (Å²) < 4.78 is 25.3. The number of carbonyl (C=O) groups excluding carboxylic acids is 3. The molecule has 0 unspecified atom stereocenters. The Bertz CT molecular complexity index is 1260. The number of nitrogens with one attached hydrogen (secondary N) is 1. The van der Waals surface area contributed by atoms with Gasteiger partial charge in [-0.2, -0.15) is 0 Å². The van der Waals surface area contributed by atoms with E-state index in [0.29, 0.717) is 48.2 Å². The highest BCUT2D eigenvalue weighted by molar-refractivity contribution is 6.07. The molecule has 9 nitrogen and oxygen atoms in total. The van der Waals surface area contributed by atoms with Crippen LogP contribution in [0.1, 0.15) is 35.7 Å². The Labute approximate surface area is 208 Å². The van der Waals surface area contributed by atoms with Crippen molar-refractivity contribution in [3.8, 4) is 0 Å². The van der Waals surface area contributed by atoms with Crippen molar-refractivity contribution in [3.05, 3.63) is 59.7 Å². The summed E-state index contributed by atoms with van der Waals surface area (Å²) in [6.45, 7) is 3.04. The largest absolute Gasteiger partial charge is 0.466 e. The van der Waals surface area contributed by atoms with E-state index >= 15 is 0 Å². The van der Waals surface area contributed by atoms with Crippen LogP contribution in [-0.4, -0.2) is 65.6 Å². The molecule has 1 fully saturated rings. The molecular formula is C26H29FN4O5. The van der Waals surface area contributed by atoms with Crippen molar-refractivity contribution < 1.29 is 28.2 Å². The maximum absolute atomic E-state index is 13.8. The van der Waals surface area contributed by atoms with Gasteiger partial charge < -0.3 is 24.3 Å². The van der Waals surface area contributed by atoms with Gasteiger partial charge in [-0.3, -0.25) is 14.4 Å². The van der Waals surface area contributed by atoms with Gasteiger partial charge in [-0.15, -0.1) is 0 Å². The number of rotatable bonds is 8. The summed E-state index contributed by atoms with van der Waals surface area (Å²) in [7, 11) is 1.42. The number of amides is 2. The fourth-order valence-electron chi connectivity index (χ4n) is 4.46. The lowest BCUT2D eigenvalue weighted by atomic mass is 9.97. The Morgan fingerprint density at radius 2 is 1.97 bits per heavy atom. The number of halogens is 1. The number of piperidine rings is 1. The molecule has 1 atom stereocenters. The molecule has 0 saturated carbocycles. The summed E-state index contributed by atoms with van der Waals surface area (Å²) in [5.74, 6) is -1.64. The standard InChI is InChI=1S/C26H29FN4O5/c1-3-36-26(34)18-5-4-10-30(14-18)25(33)21-11-20(29-23(32)15-35-2)12-22-24(21)31(16-28-22)13-17-6-8-19(27)9-7-17/h6-9,11-12,16,18H,3-5,10,13-15H2,1-2H3,(H,29,32)/t18-/m1/s1. The van der Waals surface area contributed by atoms with Gasteiger partial charge >= 0.3 is 5.97 Å². The van der Waals surface area contributed by atoms with Gasteiger partial charge in [0.15, 0.2) is 0 Å². The SMILES string of the molecule is CCOC(=O)[C@@H]1CCCN(C(=O)c2cc(NC(=O)COC)cc3ncn(Cc4ccc(F)cc4)c23)C1. The van der Waals surface area contributed by atoms with Crippen molar-refractivity contribution in [2.45, 2.75) is 26.3 Å². The van der Waals surface area contributed by atoms with Gasteiger partial charge in [0.2, 0.25) is 5.91 Å². The van der Waals surface area contributed by atoms with Crippen LogP contribution in [0.15, 0.2) is 42.7 Å². The summed E-state index contributed by atoms with van der Waals surface area (Å²) in [6, 6.07) is 9.43. The van der Waals surface area contributed by atoms with Gasteiger partial charge in [-0.25, -0.2) is 9.37 Å². The highest BCUT2D eigenvalue weighted by Gasteiger charge is 2.31. The Balaban J connectivity index is 1.71. The fraction of sp³-hybridized carbons (Fsp3) is 0.385. The molecular weight excluding hydrogens is 467 g/mol. The summed E-state index contributed by atoms with van der Waals surface area (Å²) in [4.78, 5) is 44.4. The lowest BCUT2D eigenvalue weighted by molar-refractivity contribution is -0.149. The molecule has 1 aliphatic heterocycles. The average molecular weight is 497 g/mol. The summed E-state index contributed by atoms with van der Waals surface area (Å²) in [6.07, 6.45) is 2.95. The van der Waals surface area contributed by atoms with Gasteiger partial charge in [0.25, 0.3) is 5.91 Å². The molecule has 36 heavy (non-hydrogen) atoms. The van der Waals surface area contributed by atoms with Crippen LogP contribution in [0.3, 0.4) is 0 Å². The quantitative estimate of drug-likeness (QED) is 0.481. The van der Waals surface area contributed by atoms with Crippen molar-refractivity contribution in [1.29, 1.82) is 0 Å². The maximum Gasteiger partial charge on any atom is 0.310 e. The number of likely N-dealkylation sites (tertiary alicyclic amines) is 1. The molecule has 1 N–H and O–H groups in total. The number of carbonyl (C=O) groups is 3. The summed E-state index contributed by atoms with van der Waals surface area (Å²) in [5, 5.41) is 2.74. The topological polar surface area (TPSA) is 103 Å². The molecule has 4 rings (SSSR count). The monoisotopic (exact) mass is 496 g/mol. The number of benzene rings is 2. The smallest absolute Gasteiger partial charge is 0.310 e. The molecule has 0 spiro atoms. The van der Waals surface area contributed by atoms with Gasteiger partial charge in [0.1, 0.15) is 12.4 Å². The second kappa shape index (κ2) is 11.3. The number of aromatic nitrogens is 2. The zero-order chi connectivity index (χ0) is 25.7. The first-order chi connectivity index (χ1) is 17.4. The molecule has 0 bridgehead atoms. The first-order valence-corrected chi connectivity index (χ1v) is 11.9. The number of methoxy groups -OCH3 is 1. The van der Waals surface area contributed by atoms with Gasteiger partial charge in [-0.1, -0.05) is 12.1 Å². The number of nitrogens with zero attached hydrogens (tertiary/aromatic N) is 3. The number of fused-ring (bicyclic) bond motifs is 1. The van der Waals surface area contributed by atoms with Crippen LogP contribution < -0.4 is 5.32 Å². The highest BCUT2D eigenvalue weighted by atomic mass is 19.1. The van der Waals surface area contributed by atoms with E-state index in [1.54, 1.807) is 42.4 Å². The zero-order valence-corrected chi connectivity index (χ0v) is 20.3. The minimum Gasteiger partial charge on any atom is -0.466 e. The molecule has 0 aliphatic carbocycles. The molecule has 1 aromatic heterocycles. The number of hydrogen-bond donors (Lipinski definition) is 1. The first kappa shape index (κ1) is 25.3. The van der Waals surface area contributed by atoms with E-state index in [0.717, 1.165) is 5.56 Å². The Morgan fingerprint density at radius 3 is 2.69 bits per heavy atom. The van der Waals surface area contributed by atoms with E-state index in [-0.39, 0.29) is 49.3 Å². The molecule has 3 aromatic rings. The Hall–Kier alpha value is -3.79. The van der Waals surface area contributed by atoms with Gasteiger partial charge in [-0.05, 0) is 49.6 Å². The van der Waals surface area contributed by atoms with Crippen molar-refractivity contribution >= 4 is 34.5 Å². The number of hydrogen-bond acceptors (Lipinski definition) is 6. The van der Waals surface area contributed by atoms with Crippen LogP contribution >= 0.6 is 0 Å². The minimum atomic E-state index is -0.383. The van der Waals surface area contributed by atoms with E-state index < -0.39 is 0 Å². The Morgan fingerprint density at radius 1 is 1.19 bits per heavy atom. The third-order valence-corrected chi connectivity index (χ3v) is 6.10. The molecule has 1 saturated heterocycles. The van der Waals surface area contributed by atoms with Crippen LogP contribution in [0.2, 0.25) is 0 Å².